The van der Waals surface area contributed by atoms with Crippen molar-refractivity contribution < 1.29 is 0 Å². The highest BCUT2D eigenvalue weighted by atomic mass is 15.4. The van der Waals surface area contributed by atoms with Gasteiger partial charge in [-0.15, -0.1) is 5.10 Å². The van der Waals surface area contributed by atoms with Crippen molar-refractivity contribution in [3.05, 3.63) is 11.9 Å². The molecule has 0 bridgehead atoms. The minimum Gasteiger partial charge on any atom is -0.329 e. The summed E-state index contributed by atoms with van der Waals surface area (Å²) in [5, 5.41) is 8.17. The fourth-order valence-electron chi connectivity index (χ4n) is 2.05. The molecule has 5 heteroatoms. The molecule has 1 aromatic rings. The van der Waals surface area contributed by atoms with Gasteiger partial charge in [-0.05, 0) is 25.3 Å². The fraction of sp³-hybridized carbons (Fsp3) is 0.818. The summed E-state index contributed by atoms with van der Waals surface area (Å²) in [6.07, 6.45) is 3.36. The van der Waals surface area contributed by atoms with Crippen LogP contribution >= 0.6 is 0 Å². The Morgan fingerprint density at radius 3 is 3.00 bits per heavy atom. The molecule has 5 nitrogen and oxygen atoms in total. The van der Waals surface area contributed by atoms with Crippen molar-refractivity contribution in [3.63, 3.8) is 0 Å². The first-order valence-electron chi connectivity index (χ1n) is 5.96. The van der Waals surface area contributed by atoms with Gasteiger partial charge in [0.05, 0.1) is 12.2 Å². The van der Waals surface area contributed by atoms with Gasteiger partial charge >= 0.3 is 0 Å². The standard InChI is InChI=1S/C11H21N5/c1-9-5-10(9)6-15(2)7-11-8-16(4-3-12)14-13-11/h8-10H,3-7,12H2,1-2H3. The lowest BCUT2D eigenvalue weighted by Gasteiger charge is -2.14. The van der Waals surface area contributed by atoms with Gasteiger partial charge in [-0.1, -0.05) is 12.1 Å². The quantitative estimate of drug-likeness (QED) is 0.755. The summed E-state index contributed by atoms with van der Waals surface area (Å²) >= 11 is 0. The molecule has 1 aliphatic rings. The molecule has 0 saturated heterocycles. The highest BCUT2D eigenvalue weighted by molar-refractivity contribution is 4.93. The summed E-state index contributed by atoms with van der Waals surface area (Å²) in [5.74, 6) is 1.81. The Morgan fingerprint density at radius 2 is 2.38 bits per heavy atom. The van der Waals surface area contributed by atoms with Crippen LogP contribution in [0.2, 0.25) is 0 Å². The van der Waals surface area contributed by atoms with Gasteiger partial charge in [0, 0.05) is 25.8 Å². The number of hydrogen-bond acceptors (Lipinski definition) is 4. The average molecular weight is 223 g/mol. The molecular weight excluding hydrogens is 202 g/mol. The van der Waals surface area contributed by atoms with Crippen LogP contribution in [0, 0.1) is 11.8 Å². The van der Waals surface area contributed by atoms with E-state index in [9.17, 15) is 0 Å². The second-order valence-electron chi connectivity index (χ2n) is 4.93. The highest BCUT2D eigenvalue weighted by Gasteiger charge is 2.33. The van der Waals surface area contributed by atoms with Gasteiger partial charge in [0.25, 0.3) is 0 Å². The monoisotopic (exact) mass is 223 g/mol. The molecule has 0 radical (unpaired) electrons. The molecular formula is C11H21N5. The van der Waals surface area contributed by atoms with E-state index in [4.69, 9.17) is 5.73 Å². The van der Waals surface area contributed by atoms with Crippen LogP contribution in [0.4, 0.5) is 0 Å². The van der Waals surface area contributed by atoms with E-state index in [0.29, 0.717) is 6.54 Å². The molecule has 1 fully saturated rings. The highest BCUT2D eigenvalue weighted by Crippen LogP contribution is 2.38. The lowest BCUT2D eigenvalue weighted by Crippen LogP contribution is -2.21. The Hall–Kier alpha value is -0.940. The molecule has 0 amide bonds. The number of nitrogens with two attached hydrogens (primary N) is 1. The smallest absolute Gasteiger partial charge is 0.0967 e. The van der Waals surface area contributed by atoms with Crippen LogP contribution in [-0.2, 0) is 13.1 Å². The van der Waals surface area contributed by atoms with E-state index in [2.05, 4.69) is 29.2 Å². The molecule has 0 aromatic carbocycles. The van der Waals surface area contributed by atoms with E-state index >= 15 is 0 Å². The zero-order valence-electron chi connectivity index (χ0n) is 10.1. The van der Waals surface area contributed by atoms with E-state index < -0.39 is 0 Å². The summed E-state index contributed by atoms with van der Waals surface area (Å²) in [4.78, 5) is 2.32. The average Bonchev–Trinajstić information content (AvgIpc) is 2.74. The molecule has 1 saturated carbocycles. The minimum atomic E-state index is 0.609. The van der Waals surface area contributed by atoms with Crippen LogP contribution < -0.4 is 5.73 Å². The Bertz CT molecular complexity index is 335. The molecule has 0 spiro atoms. The topological polar surface area (TPSA) is 60.0 Å². The molecule has 2 rings (SSSR count). The van der Waals surface area contributed by atoms with Crippen LogP contribution in [0.1, 0.15) is 19.0 Å². The van der Waals surface area contributed by atoms with E-state index in [1.807, 2.05) is 10.9 Å². The maximum atomic E-state index is 5.46. The molecule has 2 N–H and O–H groups in total. The number of hydrogen-bond donors (Lipinski definition) is 1. The lowest BCUT2D eigenvalue weighted by atomic mass is 10.3. The van der Waals surface area contributed by atoms with Crippen molar-refractivity contribution in [2.45, 2.75) is 26.4 Å². The summed E-state index contributed by atoms with van der Waals surface area (Å²) < 4.78 is 1.81. The van der Waals surface area contributed by atoms with Crippen molar-refractivity contribution >= 4 is 0 Å². The molecule has 2 unspecified atom stereocenters. The molecule has 90 valence electrons. The van der Waals surface area contributed by atoms with Crippen LogP contribution in [0.25, 0.3) is 0 Å². The summed E-state index contributed by atoms with van der Waals surface area (Å²) in [6.45, 7) is 5.73. The van der Waals surface area contributed by atoms with Crippen molar-refractivity contribution in [2.24, 2.45) is 17.6 Å². The molecule has 0 aliphatic heterocycles. The third-order valence-electron chi connectivity index (χ3n) is 3.20. The summed E-state index contributed by atoms with van der Waals surface area (Å²) in [6, 6.07) is 0. The van der Waals surface area contributed by atoms with Crippen LogP contribution in [-0.4, -0.2) is 40.0 Å². The van der Waals surface area contributed by atoms with Gasteiger partial charge in [-0.2, -0.15) is 0 Å². The Balaban J connectivity index is 1.78. The van der Waals surface area contributed by atoms with Gasteiger partial charge in [-0.3, -0.25) is 4.68 Å². The third kappa shape index (κ3) is 3.02. The molecule has 1 aromatic heterocycles. The number of nitrogens with zero attached hydrogens (tertiary/aromatic N) is 4. The van der Waals surface area contributed by atoms with Gasteiger partial charge in [-0.25, -0.2) is 0 Å². The Labute approximate surface area is 96.6 Å². The molecule has 1 aliphatic carbocycles. The van der Waals surface area contributed by atoms with Crippen molar-refractivity contribution in [1.29, 1.82) is 0 Å². The van der Waals surface area contributed by atoms with Gasteiger partial charge < -0.3 is 10.6 Å². The van der Waals surface area contributed by atoms with Gasteiger partial charge in [0.1, 0.15) is 0 Å². The van der Waals surface area contributed by atoms with Gasteiger partial charge in [0.15, 0.2) is 0 Å². The predicted octanol–water partition coefficient (Wildman–Crippen LogP) is 0.325. The number of aromatic nitrogens is 3. The zero-order valence-corrected chi connectivity index (χ0v) is 10.1. The normalized spacial score (nSPS) is 24.0. The largest absolute Gasteiger partial charge is 0.329 e. The Morgan fingerprint density at radius 1 is 1.62 bits per heavy atom. The number of rotatable bonds is 6. The predicted molar refractivity (Wildman–Crippen MR) is 62.7 cm³/mol. The van der Waals surface area contributed by atoms with E-state index in [1.54, 1.807) is 0 Å². The van der Waals surface area contributed by atoms with Crippen LogP contribution in [0.3, 0.4) is 0 Å². The Kier molecular flexibility index (Phi) is 3.56. The minimum absolute atomic E-state index is 0.609. The maximum absolute atomic E-state index is 5.46. The summed E-state index contributed by atoms with van der Waals surface area (Å²) in [7, 11) is 2.15. The summed E-state index contributed by atoms with van der Waals surface area (Å²) in [5.41, 5.74) is 6.49. The second kappa shape index (κ2) is 4.93. The van der Waals surface area contributed by atoms with E-state index in [0.717, 1.165) is 30.6 Å². The first-order valence-corrected chi connectivity index (χ1v) is 5.96. The van der Waals surface area contributed by atoms with Crippen molar-refractivity contribution in [3.8, 4) is 0 Å². The third-order valence-corrected chi connectivity index (χ3v) is 3.20. The van der Waals surface area contributed by atoms with Crippen molar-refractivity contribution in [1.82, 2.24) is 19.9 Å². The first-order chi connectivity index (χ1) is 7.69. The van der Waals surface area contributed by atoms with Gasteiger partial charge in [0.2, 0.25) is 0 Å². The molecule has 1 heterocycles. The van der Waals surface area contributed by atoms with E-state index in [-0.39, 0.29) is 0 Å². The van der Waals surface area contributed by atoms with E-state index in [1.165, 1.54) is 13.0 Å². The van der Waals surface area contributed by atoms with Crippen LogP contribution in [0.5, 0.6) is 0 Å². The fourth-order valence-corrected chi connectivity index (χ4v) is 2.05. The first kappa shape index (κ1) is 11.5. The zero-order chi connectivity index (χ0) is 11.5. The van der Waals surface area contributed by atoms with Crippen LogP contribution in [0.15, 0.2) is 6.20 Å². The van der Waals surface area contributed by atoms with Crippen molar-refractivity contribution in [2.75, 3.05) is 20.1 Å². The SMILES string of the molecule is CC1CC1CN(C)Cc1cn(CCN)nn1. The lowest BCUT2D eigenvalue weighted by molar-refractivity contribution is 0.304. The second-order valence-corrected chi connectivity index (χ2v) is 4.93. The molecule has 16 heavy (non-hydrogen) atoms. The maximum Gasteiger partial charge on any atom is 0.0967 e. The molecule has 2 atom stereocenters.